The number of nitrogens with zero attached hydrogens (tertiary/aromatic N) is 1. The highest BCUT2D eigenvalue weighted by Gasteiger charge is 2.27. The Morgan fingerprint density at radius 3 is 2.28 bits per heavy atom. The number of carbonyl (C=O) groups excluding carboxylic acids is 2. The van der Waals surface area contributed by atoms with Crippen LogP contribution in [0.4, 0.5) is 11.4 Å². The molecule has 0 fully saturated rings. The zero-order valence-corrected chi connectivity index (χ0v) is 22.0. The van der Waals surface area contributed by atoms with Crippen LogP contribution in [0, 0.1) is 6.92 Å². The van der Waals surface area contributed by atoms with E-state index in [1.807, 2.05) is 13.2 Å². The largest absolute Gasteiger partial charge is 0.383 e. The van der Waals surface area contributed by atoms with E-state index in [2.05, 4.69) is 10.6 Å². The lowest BCUT2D eigenvalue weighted by molar-refractivity contribution is -0.114. The lowest BCUT2D eigenvalue weighted by atomic mass is 10.1. The third kappa shape index (κ3) is 6.87. The zero-order chi connectivity index (χ0) is 26.1. The fraction of sp³-hybridized carbons (Fsp3) is 0.231. The molecule has 0 radical (unpaired) electrons. The van der Waals surface area contributed by atoms with Gasteiger partial charge in [0, 0.05) is 18.6 Å². The molecular formula is C26H29N3O5S2. The number of carbonyl (C=O) groups is 2. The van der Waals surface area contributed by atoms with Crippen LogP contribution in [0.1, 0.15) is 15.9 Å². The van der Waals surface area contributed by atoms with Gasteiger partial charge in [-0.05, 0) is 61.7 Å². The van der Waals surface area contributed by atoms with E-state index in [1.165, 1.54) is 31.0 Å². The molecule has 0 bridgehead atoms. The normalized spacial score (nSPS) is 11.1. The number of hydrogen-bond acceptors (Lipinski definition) is 6. The van der Waals surface area contributed by atoms with Crippen molar-refractivity contribution in [1.29, 1.82) is 0 Å². The van der Waals surface area contributed by atoms with Crippen LogP contribution < -0.4 is 14.9 Å². The number of amides is 2. The Kier molecular flexibility index (Phi) is 9.51. The van der Waals surface area contributed by atoms with Gasteiger partial charge in [-0.1, -0.05) is 29.8 Å². The summed E-state index contributed by atoms with van der Waals surface area (Å²) in [4.78, 5) is 26.7. The third-order valence-corrected chi connectivity index (χ3v) is 7.83. The second-order valence-corrected chi connectivity index (χ2v) is 10.6. The minimum absolute atomic E-state index is 0.0756. The smallest absolute Gasteiger partial charge is 0.264 e. The summed E-state index contributed by atoms with van der Waals surface area (Å²) in [7, 11) is -2.52. The Morgan fingerprint density at radius 1 is 0.972 bits per heavy atom. The Balaban J connectivity index is 1.88. The summed E-state index contributed by atoms with van der Waals surface area (Å²) >= 11 is 1.50. The molecule has 0 aliphatic rings. The molecule has 3 aromatic rings. The second kappa shape index (κ2) is 12.6. The van der Waals surface area contributed by atoms with Gasteiger partial charge in [-0.25, -0.2) is 8.42 Å². The van der Waals surface area contributed by atoms with E-state index >= 15 is 0 Å². The minimum Gasteiger partial charge on any atom is -0.383 e. The molecule has 0 aromatic heterocycles. The fourth-order valence-electron chi connectivity index (χ4n) is 3.37. The minimum atomic E-state index is -4.05. The van der Waals surface area contributed by atoms with Crippen molar-refractivity contribution in [2.24, 2.45) is 0 Å². The Morgan fingerprint density at radius 2 is 1.64 bits per heavy atom. The standard InChI is InChI=1S/C26H29N3O5S2/c1-19-8-10-20(11-9-19)29(36(32,33)22-14-12-21(35-3)13-15-22)18-25(30)28-24-7-5-4-6-23(24)26(31)27-16-17-34-2/h4-15H,16-18H2,1-3H3,(H,27,31)(H,28,30). The molecule has 36 heavy (non-hydrogen) atoms. The van der Waals surface area contributed by atoms with E-state index in [9.17, 15) is 18.0 Å². The lowest BCUT2D eigenvalue weighted by Crippen LogP contribution is -2.38. The molecule has 0 saturated carbocycles. The van der Waals surface area contributed by atoms with E-state index in [0.717, 1.165) is 14.8 Å². The van der Waals surface area contributed by atoms with Crippen LogP contribution in [0.25, 0.3) is 0 Å². The topological polar surface area (TPSA) is 105 Å². The maximum absolute atomic E-state index is 13.6. The van der Waals surface area contributed by atoms with Crippen molar-refractivity contribution in [2.75, 3.05) is 42.7 Å². The van der Waals surface area contributed by atoms with Gasteiger partial charge in [0.1, 0.15) is 6.54 Å². The van der Waals surface area contributed by atoms with Crippen LogP contribution in [0.5, 0.6) is 0 Å². The maximum atomic E-state index is 13.6. The van der Waals surface area contributed by atoms with Crippen molar-refractivity contribution in [3.05, 3.63) is 83.9 Å². The molecule has 2 N–H and O–H groups in total. The van der Waals surface area contributed by atoms with Crippen LogP contribution in [0.3, 0.4) is 0 Å². The highest BCUT2D eigenvalue weighted by atomic mass is 32.2. The number of rotatable bonds is 11. The molecule has 0 saturated heterocycles. The summed E-state index contributed by atoms with van der Waals surface area (Å²) in [6, 6.07) is 19.9. The highest BCUT2D eigenvalue weighted by molar-refractivity contribution is 7.98. The number of para-hydroxylation sites is 1. The van der Waals surface area contributed by atoms with Gasteiger partial charge >= 0.3 is 0 Å². The van der Waals surface area contributed by atoms with E-state index in [4.69, 9.17) is 4.74 Å². The molecule has 0 aliphatic carbocycles. The number of nitrogens with one attached hydrogen (secondary N) is 2. The van der Waals surface area contributed by atoms with Gasteiger partial charge < -0.3 is 15.4 Å². The van der Waals surface area contributed by atoms with Gasteiger partial charge in [0.05, 0.1) is 28.4 Å². The van der Waals surface area contributed by atoms with Crippen LogP contribution in [-0.4, -0.2) is 53.3 Å². The van der Waals surface area contributed by atoms with E-state index < -0.39 is 22.5 Å². The van der Waals surface area contributed by atoms with Crippen LogP contribution in [0.15, 0.2) is 82.6 Å². The van der Waals surface area contributed by atoms with Gasteiger partial charge in [0.2, 0.25) is 5.91 Å². The number of sulfonamides is 1. The van der Waals surface area contributed by atoms with Gasteiger partial charge in [0.15, 0.2) is 0 Å². The lowest BCUT2D eigenvalue weighted by Gasteiger charge is -2.24. The summed E-state index contributed by atoms with van der Waals surface area (Å²) in [5.41, 5.74) is 1.86. The molecule has 0 spiro atoms. The Hall–Kier alpha value is -3.34. The SMILES string of the molecule is COCCNC(=O)c1ccccc1NC(=O)CN(c1ccc(C)cc1)S(=O)(=O)c1ccc(SC)cc1. The molecule has 10 heteroatoms. The second-order valence-electron chi connectivity index (χ2n) is 7.87. The van der Waals surface area contributed by atoms with Crippen molar-refractivity contribution in [3.8, 4) is 0 Å². The summed E-state index contributed by atoms with van der Waals surface area (Å²) in [5.74, 6) is -0.961. The molecule has 2 amide bonds. The van der Waals surface area contributed by atoms with Crippen molar-refractivity contribution >= 4 is 45.0 Å². The average Bonchev–Trinajstić information content (AvgIpc) is 2.88. The van der Waals surface area contributed by atoms with Crippen molar-refractivity contribution in [1.82, 2.24) is 5.32 Å². The molecular weight excluding hydrogens is 498 g/mol. The molecule has 0 atom stereocenters. The Labute approximate surface area is 216 Å². The number of benzene rings is 3. The number of thioether (sulfide) groups is 1. The fourth-order valence-corrected chi connectivity index (χ4v) is 5.20. The van der Waals surface area contributed by atoms with Gasteiger partial charge in [-0.15, -0.1) is 11.8 Å². The van der Waals surface area contributed by atoms with Crippen LogP contribution >= 0.6 is 11.8 Å². The van der Waals surface area contributed by atoms with E-state index in [1.54, 1.807) is 60.7 Å². The number of anilines is 2. The number of ether oxygens (including phenoxy) is 1. The summed E-state index contributed by atoms with van der Waals surface area (Å²) in [5, 5.41) is 5.41. The molecule has 0 aliphatic heterocycles. The molecule has 8 nitrogen and oxygen atoms in total. The first kappa shape index (κ1) is 27.3. The van der Waals surface area contributed by atoms with Crippen LogP contribution in [0.2, 0.25) is 0 Å². The first-order valence-electron chi connectivity index (χ1n) is 11.2. The number of aryl methyl sites for hydroxylation is 1. The zero-order valence-electron chi connectivity index (χ0n) is 20.4. The first-order valence-corrected chi connectivity index (χ1v) is 13.8. The van der Waals surface area contributed by atoms with Gasteiger partial charge in [0.25, 0.3) is 15.9 Å². The highest BCUT2D eigenvalue weighted by Crippen LogP contribution is 2.26. The molecule has 190 valence electrons. The average molecular weight is 528 g/mol. The molecule has 3 aromatic carbocycles. The predicted octanol–water partition coefficient (Wildman–Crippen LogP) is 3.93. The summed E-state index contributed by atoms with van der Waals surface area (Å²) < 4.78 is 33.2. The van der Waals surface area contributed by atoms with E-state index in [-0.39, 0.29) is 22.1 Å². The van der Waals surface area contributed by atoms with Crippen molar-refractivity contribution in [3.63, 3.8) is 0 Å². The third-order valence-electron chi connectivity index (χ3n) is 5.29. The van der Waals surface area contributed by atoms with Crippen molar-refractivity contribution < 1.29 is 22.7 Å². The van der Waals surface area contributed by atoms with Gasteiger partial charge in [-0.2, -0.15) is 0 Å². The van der Waals surface area contributed by atoms with Gasteiger partial charge in [-0.3, -0.25) is 13.9 Å². The summed E-state index contributed by atoms with van der Waals surface area (Å²) in [6.07, 6.45) is 1.90. The van der Waals surface area contributed by atoms with Crippen molar-refractivity contribution in [2.45, 2.75) is 16.7 Å². The molecule has 0 unspecified atom stereocenters. The summed E-state index contributed by atoms with van der Waals surface area (Å²) in [6.45, 7) is 2.08. The number of hydrogen-bond donors (Lipinski definition) is 2. The molecule has 3 rings (SSSR count). The predicted molar refractivity (Wildman–Crippen MR) is 143 cm³/mol. The number of methoxy groups -OCH3 is 1. The quantitative estimate of drug-likeness (QED) is 0.289. The van der Waals surface area contributed by atoms with E-state index in [0.29, 0.717) is 18.8 Å². The monoisotopic (exact) mass is 527 g/mol. The maximum Gasteiger partial charge on any atom is 0.264 e. The molecule has 0 heterocycles. The van der Waals surface area contributed by atoms with Crippen LogP contribution in [-0.2, 0) is 19.6 Å². The first-order chi connectivity index (χ1) is 17.3. The Bertz CT molecular complexity index is 1290.